The van der Waals surface area contributed by atoms with Crippen molar-refractivity contribution >= 4 is 15.9 Å². The Labute approximate surface area is 86.0 Å². The lowest BCUT2D eigenvalue weighted by molar-refractivity contribution is -0.137. The lowest BCUT2D eigenvalue weighted by Crippen LogP contribution is -2.08. The highest BCUT2D eigenvalue weighted by atomic mass is 79.9. The third kappa shape index (κ3) is 2.24. The molecule has 1 aromatic rings. The van der Waals surface area contributed by atoms with Crippen molar-refractivity contribution in [3.05, 3.63) is 33.5 Å². The monoisotopic (exact) mass is 271 g/mol. The first-order valence-corrected chi connectivity index (χ1v) is 4.40. The molecule has 0 amide bonds. The number of benzene rings is 1. The highest BCUT2D eigenvalue weighted by Crippen LogP contribution is 2.33. The van der Waals surface area contributed by atoms with E-state index in [0.717, 1.165) is 6.07 Å². The quantitative estimate of drug-likeness (QED) is 0.781. The molecular formula is C8H6BrF4N. The molecule has 0 aliphatic heterocycles. The summed E-state index contributed by atoms with van der Waals surface area (Å²) >= 11 is 2.83. The third-order valence-electron chi connectivity index (χ3n) is 1.67. The fraction of sp³-hybridized carbons (Fsp3) is 0.250. The van der Waals surface area contributed by atoms with E-state index < -0.39 is 17.6 Å². The van der Waals surface area contributed by atoms with Crippen LogP contribution in [-0.4, -0.2) is 0 Å². The maximum Gasteiger partial charge on any atom is 0.416 e. The van der Waals surface area contributed by atoms with Crippen LogP contribution >= 0.6 is 15.9 Å². The molecule has 0 spiro atoms. The van der Waals surface area contributed by atoms with Crippen molar-refractivity contribution in [1.82, 2.24) is 0 Å². The molecule has 0 fully saturated rings. The minimum Gasteiger partial charge on any atom is -0.326 e. The zero-order valence-corrected chi connectivity index (χ0v) is 8.41. The Morgan fingerprint density at radius 2 is 1.86 bits per heavy atom. The number of hydrogen-bond donors (Lipinski definition) is 1. The normalized spacial score (nSPS) is 11.9. The topological polar surface area (TPSA) is 26.0 Å². The molecular weight excluding hydrogens is 266 g/mol. The summed E-state index contributed by atoms with van der Waals surface area (Å²) in [5.41, 5.74) is 4.17. The number of alkyl halides is 3. The Morgan fingerprint density at radius 1 is 1.29 bits per heavy atom. The van der Waals surface area contributed by atoms with Gasteiger partial charge in [0.25, 0.3) is 0 Å². The van der Waals surface area contributed by atoms with E-state index in [2.05, 4.69) is 15.9 Å². The standard InChI is InChI=1S/C8H6BrF4N/c9-6-1-4(8(11,12)13)2-7(10)5(6)3-14/h1-2H,3,14H2. The average Bonchev–Trinajstić information content (AvgIpc) is 2.01. The lowest BCUT2D eigenvalue weighted by atomic mass is 10.1. The Hall–Kier alpha value is -0.620. The highest BCUT2D eigenvalue weighted by molar-refractivity contribution is 9.10. The van der Waals surface area contributed by atoms with E-state index in [1.54, 1.807) is 0 Å². The molecule has 1 aromatic carbocycles. The molecule has 0 heterocycles. The van der Waals surface area contributed by atoms with Gasteiger partial charge in [0, 0.05) is 16.6 Å². The van der Waals surface area contributed by atoms with Crippen LogP contribution in [-0.2, 0) is 12.7 Å². The smallest absolute Gasteiger partial charge is 0.326 e. The van der Waals surface area contributed by atoms with E-state index in [1.165, 1.54) is 0 Å². The molecule has 14 heavy (non-hydrogen) atoms. The first kappa shape index (κ1) is 11.5. The number of halogens is 5. The second kappa shape index (κ2) is 3.86. The molecule has 0 bridgehead atoms. The molecule has 0 unspecified atom stereocenters. The van der Waals surface area contributed by atoms with E-state index in [9.17, 15) is 17.6 Å². The van der Waals surface area contributed by atoms with Gasteiger partial charge in [0.15, 0.2) is 0 Å². The lowest BCUT2D eigenvalue weighted by Gasteiger charge is -2.10. The molecule has 0 saturated heterocycles. The van der Waals surface area contributed by atoms with Gasteiger partial charge in [0.1, 0.15) is 5.82 Å². The summed E-state index contributed by atoms with van der Waals surface area (Å²) in [6, 6.07) is 1.25. The Morgan fingerprint density at radius 3 is 2.21 bits per heavy atom. The number of nitrogens with two attached hydrogens (primary N) is 1. The molecule has 78 valence electrons. The zero-order chi connectivity index (χ0) is 10.9. The van der Waals surface area contributed by atoms with Gasteiger partial charge >= 0.3 is 6.18 Å². The summed E-state index contributed by atoms with van der Waals surface area (Å²) in [5.74, 6) is -0.950. The van der Waals surface area contributed by atoms with Crippen molar-refractivity contribution < 1.29 is 17.6 Å². The first-order chi connectivity index (χ1) is 6.36. The molecule has 1 nitrogen and oxygen atoms in total. The number of hydrogen-bond acceptors (Lipinski definition) is 1. The van der Waals surface area contributed by atoms with Gasteiger partial charge in [-0.25, -0.2) is 4.39 Å². The summed E-state index contributed by atoms with van der Waals surface area (Å²) < 4.78 is 49.6. The fourth-order valence-corrected chi connectivity index (χ4v) is 1.56. The van der Waals surface area contributed by atoms with Crippen LogP contribution in [0.1, 0.15) is 11.1 Å². The number of rotatable bonds is 1. The van der Waals surface area contributed by atoms with Crippen molar-refractivity contribution in [2.45, 2.75) is 12.7 Å². The Bertz CT molecular complexity index is 325. The molecule has 0 aliphatic carbocycles. The second-order valence-electron chi connectivity index (χ2n) is 2.62. The van der Waals surface area contributed by atoms with Gasteiger partial charge in [-0.3, -0.25) is 0 Å². The molecule has 0 radical (unpaired) electrons. The van der Waals surface area contributed by atoms with Crippen LogP contribution in [0, 0.1) is 5.82 Å². The van der Waals surface area contributed by atoms with E-state index in [-0.39, 0.29) is 16.6 Å². The fourth-order valence-electron chi connectivity index (χ4n) is 0.962. The minimum absolute atomic E-state index is 0.0346. The molecule has 0 aliphatic rings. The van der Waals surface area contributed by atoms with E-state index in [1.807, 2.05) is 0 Å². The summed E-state index contributed by atoms with van der Waals surface area (Å²) in [6.45, 7) is -0.148. The van der Waals surface area contributed by atoms with Crippen molar-refractivity contribution in [2.75, 3.05) is 0 Å². The second-order valence-corrected chi connectivity index (χ2v) is 3.47. The van der Waals surface area contributed by atoms with Gasteiger partial charge in [0.2, 0.25) is 0 Å². The predicted octanol–water partition coefficient (Wildman–Crippen LogP) is 3.07. The van der Waals surface area contributed by atoms with E-state index >= 15 is 0 Å². The average molecular weight is 272 g/mol. The molecule has 0 aromatic heterocycles. The Kier molecular flexibility index (Phi) is 3.16. The third-order valence-corrected chi connectivity index (χ3v) is 2.38. The van der Waals surface area contributed by atoms with E-state index in [4.69, 9.17) is 5.73 Å². The molecule has 6 heteroatoms. The van der Waals surface area contributed by atoms with Gasteiger partial charge < -0.3 is 5.73 Å². The van der Waals surface area contributed by atoms with Gasteiger partial charge in [-0.1, -0.05) is 15.9 Å². The van der Waals surface area contributed by atoms with Crippen LogP contribution in [0.25, 0.3) is 0 Å². The van der Waals surface area contributed by atoms with Crippen molar-refractivity contribution in [2.24, 2.45) is 5.73 Å². The maximum absolute atomic E-state index is 13.0. The zero-order valence-electron chi connectivity index (χ0n) is 6.83. The summed E-state index contributed by atoms with van der Waals surface area (Å²) in [4.78, 5) is 0. The summed E-state index contributed by atoms with van der Waals surface area (Å²) in [7, 11) is 0. The van der Waals surface area contributed by atoms with Gasteiger partial charge in [-0.05, 0) is 12.1 Å². The minimum atomic E-state index is -4.55. The van der Waals surface area contributed by atoms with Crippen LogP contribution in [0.15, 0.2) is 16.6 Å². The van der Waals surface area contributed by atoms with Gasteiger partial charge in [0.05, 0.1) is 5.56 Å². The van der Waals surface area contributed by atoms with Gasteiger partial charge in [-0.15, -0.1) is 0 Å². The van der Waals surface area contributed by atoms with Crippen molar-refractivity contribution in [3.8, 4) is 0 Å². The van der Waals surface area contributed by atoms with Crippen molar-refractivity contribution in [1.29, 1.82) is 0 Å². The van der Waals surface area contributed by atoms with Gasteiger partial charge in [-0.2, -0.15) is 13.2 Å². The molecule has 1 rings (SSSR count). The van der Waals surface area contributed by atoms with Crippen LogP contribution < -0.4 is 5.73 Å². The van der Waals surface area contributed by atoms with Crippen LogP contribution in [0.3, 0.4) is 0 Å². The van der Waals surface area contributed by atoms with Crippen molar-refractivity contribution in [3.63, 3.8) is 0 Å². The SMILES string of the molecule is NCc1c(F)cc(C(F)(F)F)cc1Br. The largest absolute Gasteiger partial charge is 0.416 e. The molecule has 2 N–H and O–H groups in total. The first-order valence-electron chi connectivity index (χ1n) is 3.61. The van der Waals surface area contributed by atoms with Crippen LogP contribution in [0.5, 0.6) is 0 Å². The molecule has 0 atom stereocenters. The van der Waals surface area contributed by atoms with Crippen LogP contribution in [0.4, 0.5) is 17.6 Å². The summed E-state index contributed by atoms with van der Waals surface area (Å²) in [6.07, 6.45) is -4.55. The predicted molar refractivity (Wildman–Crippen MR) is 47.0 cm³/mol. The maximum atomic E-state index is 13.0. The summed E-state index contributed by atoms with van der Waals surface area (Å²) in [5, 5.41) is 0. The van der Waals surface area contributed by atoms with Crippen LogP contribution in [0.2, 0.25) is 0 Å². The molecule has 0 saturated carbocycles. The van der Waals surface area contributed by atoms with E-state index in [0.29, 0.717) is 6.07 Å². The highest BCUT2D eigenvalue weighted by Gasteiger charge is 2.31. The Balaban J connectivity index is 3.28.